The highest BCUT2D eigenvalue weighted by Crippen LogP contribution is 2.24. The van der Waals surface area contributed by atoms with Crippen LogP contribution in [0.5, 0.6) is 0 Å². The predicted octanol–water partition coefficient (Wildman–Crippen LogP) is 3.19. The third-order valence-corrected chi connectivity index (χ3v) is 4.74. The van der Waals surface area contributed by atoms with Crippen molar-refractivity contribution < 1.29 is 0 Å². The first-order valence-electron chi connectivity index (χ1n) is 8.19. The Morgan fingerprint density at radius 3 is 2.55 bits per heavy atom. The van der Waals surface area contributed by atoms with Crippen molar-refractivity contribution in [3.8, 4) is 0 Å². The minimum atomic E-state index is 0.673. The van der Waals surface area contributed by atoms with Crippen molar-refractivity contribution in [1.82, 2.24) is 19.9 Å². The van der Waals surface area contributed by atoms with Gasteiger partial charge < -0.3 is 0 Å². The monoisotopic (exact) mass is 278 g/mol. The van der Waals surface area contributed by atoms with Crippen molar-refractivity contribution in [2.45, 2.75) is 60.0 Å². The Morgan fingerprint density at radius 1 is 1.25 bits per heavy atom. The highest BCUT2D eigenvalue weighted by Gasteiger charge is 2.22. The molecule has 1 aliphatic heterocycles. The van der Waals surface area contributed by atoms with Crippen LogP contribution < -0.4 is 0 Å². The van der Waals surface area contributed by atoms with Gasteiger partial charge in [-0.2, -0.15) is 0 Å². The van der Waals surface area contributed by atoms with Gasteiger partial charge in [0.15, 0.2) is 0 Å². The molecule has 1 saturated heterocycles. The minimum absolute atomic E-state index is 0.673. The van der Waals surface area contributed by atoms with E-state index in [0.29, 0.717) is 5.92 Å². The van der Waals surface area contributed by atoms with Gasteiger partial charge in [-0.3, -0.25) is 9.58 Å². The molecule has 1 aliphatic rings. The van der Waals surface area contributed by atoms with Crippen molar-refractivity contribution >= 4 is 0 Å². The topological polar surface area (TPSA) is 34.0 Å². The molecule has 1 aromatic rings. The fourth-order valence-corrected chi connectivity index (χ4v) is 2.96. The molecular formula is C16H30N4. The van der Waals surface area contributed by atoms with E-state index in [2.05, 4.69) is 49.1 Å². The predicted molar refractivity (Wildman–Crippen MR) is 82.3 cm³/mol. The van der Waals surface area contributed by atoms with Gasteiger partial charge in [-0.05, 0) is 43.7 Å². The summed E-state index contributed by atoms with van der Waals surface area (Å²) in [6, 6.07) is 0. The molecule has 0 spiro atoms. The summed E-state index contributed by atoms with van der Waals surface area (Å²) in [5.74, 6) is 2.41. The molecule has 114 valence electrons. The lowest BCUT2D eigenvalue weighted by Crippen LogP contribution is -2.34. The molecule has 0 N–H and O–H groups in total. The lowest BCUT2D eigenvalue weighted by atomic mass is 9.87. The summed E-state index contributed by atoms with van der Waals surface area (Å²) in [7, 11) is 0. The van der Waals surface area contributed by atoms with Gasteiger partial charge in [-0.1, -0.05) is 39.3 Å². The SMILES string of the molecule is CCC(C)Cn1cc(CN2CCC(C(C)C)CC2)nn1. The van der Waals surface area contributed by atoms with Gasteiger partial charge in [0.2, 0.25) is 0 Å². The molecule has 1 atom stereocenters. The van der Waals surface area contributed by atoms with Crippen LogP contribution in [0.2, 0.25) is 0 Å². The molecule has 0 saturated carbocycles. The second kappa shape index (κ2) is 7.21. The highest BCUT2D eigenvalue weighted by molar-refractivity contribution is 4.93. The van der Waals surface area contributed by atoms with E-state index in [1.54, 1.807) is 0 Å². The van der Waals surface area contributed by atoms with E-state index in [0.717, 1.165) is 30.6 Å². The lowest BCUT2D eigenvalue weighted by molar-refractivity contribution is 0.150. The van der Waals surface area contributed by atoms with E-state index in [1.165, 1.54) is 32.4 Å². The summed E-state index contributed by atoms with van der Waals surface area (Å²) in [5, 5.41) is 8.58. The zero-order valence-electron chi connectivity index (χ0n) is 13.5. The molecule has 0 bridgehead atoms. The molecule has 2 rings (SSSR count). The first-order chi connectivity index (χ1) is 9.58. The maximum absolute atomic E-state index is 4.32. The van der Waals surface area contributed by atoms with Gasteiger partial charge in [0, 0.05) is 19.3 Å². The minimum Gasteiger partial charge on any atom is -0.297 e. The van der Waals surface area contributed by atoms with Gasteiger partial charge in [0.1, 0.15) is 0 Å². The maximum atomic E-state index is 4.32. The molecule has 4 heteroatoms. The van der Waals surface area contributed by atoms with Gasteiger partial charge in [-0.15, -0.1) is 5.10 Å². The fraction of sp³-hybridized carbons (Fsp3) is 0.875. The zero-order chi connectivity index (χ0) is 14.5. The molecule has 0 aliphatic carbocycles. The normalized spacial score (nSPS) is 19.6. The molecule has 1 unspecified atom stereocenters. The second-order valence-corrected chi connectivity index (χ2v) is 6.80. The Morgan fingerprint density at radius 2 is 1.95 bits per heavy atom. The van der Waals surface area contributed by atoms with Crippen LogP contribution in [-0.2, 0) is 13.1 Å². The number of rotatable bonds is 6. The summed E-state index contributed by atoms with van der Waals surface area (Å²) in [6.07, 6.45) is 5.98. The van der Waals surface area contributed by atoms with Gasteiger partial charge in [0.05, 0.1) is 5.69 Å². The van der Waals surface area contributed by atoms with Crippen LogP contribution >= 0.6 is 0 Å². The Bertz CT molecular complexity index is 391. The van der Waals surface area contributed by atoms with Crippen LogP contribution in [-0.4, -0.2) is 33.0 Å². The van der Waals surface area contributed by atoms with Crippen molar-refractivity contribution in [1.29, 1.82) is 0 Å². The summed E-state index contributed by atoms with van der Waals surface area (Å²) < 4.78 is 2.00. The van der Waals surface area contributed by atoms with E-state index in [-0.39, 0.29) is 0 Å². The van der Waals surface area contributed by atoms with Crippen LogP contribution in [0.15, 0.2) is 6.20 Å². The number of piperidine rings is 1. The van der Waals surface area contributed by atoms with E-state index < -0.39 is 0 Å². The van der Waals surface area contributed by atoms with Crippen LogP contribution in [0.1, 0.15) is 52.7 Å². The van der Waals surface area contributed by atoms with E-state index in [9.17, 15) is 0 Å². The van der Waals surface area contributed by atoms with Crippen molar-refractivity contribution in [3.63, 3.8) is 0 Å². The third-order valence-electron chi connectivity index (χ3n) is 4.74. The average Bonchev–Trinajstić information content (AvgIpc) is 2.86. The van der Waals surface area contributed by atoms with Crippen LogP contribution in [0.4, 0.5) is 0 Å². The Balaban J connectivity index is 1.80. The third kappa shape index (κ3) is 4.30. The number of nitrogens with zero attached hydrogens (tertiary/aromatic N) is 4. The smallest absolute Gasteiger partial charge is 0.0967 e. The van der Waals surface area contributed by atoms with Gasteiger partial charge in [-0.25, -0.2) is 0 Å². The largest absolute Gasteiger partial charge is 0.297 e. The molecule has 20 heavy (non-hydrogen) atoms. The van der Waals surface area contributed by atoms with Crippen molar-refractivity contribution in [2.24, 2.45) is 17.8 Å². The fourth-order valence-electron chi connectivity index (χ4n) is 2.96. The van der Waals surface area contributed by atoms with E-state index in [4.69, 9.17) is 0 Å². The molecule has 1 aromatic heterocycles. The van der Waals surface area contributed by atoms with E-state index in [1.807, 2.05) is 4.68 Å². The summed E-state index contributed by atoms with van der Waals surface area (Å²) in [4.78, 5) is 2.52. The summed E-state index contributed by atoms with van der Waals surface area (Å²) in [5.41, 5.74) is 1.12. The van der Waals surface area contributed by atoms with Crippen LogP contribution in [0.3, 0.4) is 0 Å². The molecule has 2 heterocycles. The Hall–Kier alpha value is -0.900. The quantitative estimate of drug-likeness (QED) is 0.801. The first kappa shape index (κ1) is 15.5. The lowest BCUT2D eigenvalue weighted by Gasteiger charge is -2.33. The Labute approximate surface area is 123 Å². The maximum Gasteiger partial charge on any atom is 0.0967 e. The number of aromatic nitrogens is 3. The summed E-state index contributed by atoms with van der Waals surface area (Å²) >= 11 is 0. The molecule has 0 radical (unpaired) electrons. The van der Waals surface area contributed by atoms with Crippen LogP contribution in [0, 0.1) is 17.8 Å². The highest BCUT2D eigenvalue weighted by atomic mass is 15.4. The number of hydrogen-bond donors (Lipinski definition) is 0. The first-order valence-corrected chi connectivity index (χ1v) is 8.19. The number of likely N-dealkylation sites (tertiary alicyclic amines) is 1. The number of hydrogen-bond acceptors (Lipinski definition) is 3. The standard InChI is InChI=1S/C16H30N4/c1-5-14(4)10-20-12-16(17-18-20)11-19-8-6-15(7-9-19)13(2)3/h12-15H,5-11H2,1-4H3. The average molecular weight is 278 g/mol. The van der Waals surface area contributed by atoms with Crippen molar-refractivity contribution in [3.05, 3.63) is 11.9 Å². The van der Waals surface area contributed by atoms with E-state index >= 15 is 0 Å². The molecule has 0 aromatic carbocycles. The molecule has 4 nitrogen and oxygen atoms in total. The Kier molecular flexibility index (Phi) is 5.58. The molecule has 0 amide bonds. The van der Waals surface area contributed by atoms with Crippen LogP contribution in [0.25, 0.3) is 0 Å². The zero-order valence-corrected chi connectivity index (χ0v) is 13.5. The van der Waals surface area contributed by atoms with Gasteiger partial charge >= 0.3 is 0 Å². The molecular weight excluding hydrogens is 248 g/mol. The second-order valence-electron chi connectivity index (χ2n) is 6.80. The van der Waals surface area contributed by atoms with Crippen molar-refractivity contribution in [2.75, 3.05) is 13.1 Å². The summed E-state index contributed by atoms with van der Waals surface area (Å²) in [6.45, 7) is 13.5. The molecule has 1 fully saturated rings. The van der Waals surface area contributed by atoms with Gasteiger partial charge in [0.25, 0.3) is 0 Å².